The summed E-state index contributed by atoms with van der Waals surface area (Å²) < 4.78 is 25.4. The minimum atomic E-state index is -3.67. The first kappa shape index (κ1) is 22.1. The molecule has 0 radical (unpaired) electrons. The lowest BCUT2D eigenvalue weighted by Gasteiger charge is -2.12. The van der Waals surface area contributed by atoms with Gasteiger partial charge < -0.3 is 16.0 Å². The van der Waals surface area contributed by atoms with Crippen LogP contribution in [0.1, 0.15) is 20.7 Å². The minimum absolute atomic E-state index is 0.0178. The van der Waals surface area contributed by atoms with Crippen LogP contribution in [0, 0.1) is 0 Å². The van der Waals surface area contributed by atoms with Crippen LogP contribution in [-0.4, -0.2) is 58.1 Å². The van der Waals surface area contributed by atoms with Gasteiger partial charge in [0.05, 0.1) is 11.4 Å². The maximum Gasteiger partial charge on any atom is 0.251 e. The highest BCUT2D eigenvalue weighted by atomic mass is 32.2. The Kier molecular flexibility index (Phi) is 7.08. The number of hydrogen-bond donors (Lipinski definition) is 3. The van der Waals surface area contributed by atoms with Crippen LogP contribution >= 0.6 is 0 Å². The molecular formula is C19H22N4O5S. The van der Waals surface area contributed by atoms with Crippen LogP contribution in [0.2, 0.25) is 0 Å². The lowest BCUT2D eigenvalue weighted by atomic mass is 10.2. The van der Waals surface area contributed by atoms with E-state index in [1.54, 1.807) is 24.3 Å². The van der Waals surface area contributed by atoms with E-state index in [-0.39, 0.29) is 22.9 Å². The van der Waals surface area contributed by atoms with Crippen LogP contribution in [0.4, 0.5) is 5.69 Å². The Morgan fingerprint density at radius 2 is 1.59 bits per heavy atom. The number of sulfonamides is 1. The van der Waals surface area contributed by atoms with Crippen molar-refractivity contribution in [3.63, 3.8) is 0 Å². The fraction of sp³-hybridized carbons (Fsp3) is 0.211. The Bertz CT molecular complexity index is 1020. The Hall–Kier alpha value is -3.24. The third-order valence-electron chi connectivity index (χ3n) is 3.94. The topological polar surface area (TPSA) is 125 Å². The zero-order valence-electron chi connectivity index (χ0n) is 16.2. The van der Waals surface area contributed by atoms with Crippen molar-refractivity contribution in [3.8, 4) is 0 Å². The number of carbonyl (C=O) groups excluding carboxylic acids is 3. The van der Waals surface area contributed by atoms with Gasteiger partial charge in [0, 0.05) is 38.0 Å². The molecule has 0 aromatic heterocycles. The van der Waals surface area contributed by atoms with E-state index in [4.69, 9.17) is 0 Å². The van der Waals surface area contributed by atoms with Crippen molar-refractivity contribution in [2.75, 3.05) is 33.0 Å². The molecule has 10 heteroatoms. The molecule has 29 heavy (non-hydrogen) atoms. The summed E-state index contributed by atoms with van der Waals surface area (Å²) in [7, 11) is 0.642. The van der Waals surface area contributed by atoms with Gasteiger partial charge in [0.1, 0.15) is 0 Å². The van der Waals surface area contributed by atoms with Crippen molar-refractivity contribution in [1.29, 1.82) is 0 Å². The Morgan fingerprint density at radius 3 is 2.17 bits per heavy atom. The molecule has 0 aliphatic rings. The van der Waals surface area contributed by atoms with Gasteiger partial charge in [-0.05, 0) is 42.5 Å². The second-order valence-electron chi connectivity index (χ2n) is 6.20. The Balaban J connectivity index is 1.97. The highest BCUT2D eigenvalue weighted by molar-refractivity contribution is 7.89. The fourth-order valence-electron chi connectivity index (χ4n) is 2.33. The van der Waals surface area contributed by atoms with Crippen LogP contribution in [0.15, 0.2) is 53.4 Å². The van der Waals surface area contributed by atoms with E-state index in [0.717, 1.165) is 4.31 Å². The second-order valence-corrected chi connectivity index (χ2v) is 8.35. The van der Waals surface area contributed by atoms with Gasteiger partial charge in [-0.1, -0.05) is 6.07 Å². The zero-order chi connectivity index (χ0) is 21.6. The van der Waals surface area contributed by atoms with Crippen molar-refractivity contribution >= 4 is 33.4 Å². The average molecular weight is 418 g/mol. The van der Waals surface area contributed by atoms with E-state index in [1.165, 1.54) is 45.4 Å². The second kappa shape index (κ2) is 9.30. The van der Waals surface area contributed by atoms with Gasteiger partial charge in [-0.15, -0.1) is 0 Å². The zero-order valence-corrected chi connectivity index (χ0v) is 17.0. The molecule has 0 bridgehead atoms. The van der Waals surface area contributed by atoms with Gasteiger partial charge in [0.15, 0.2) is 0 Å². The van der Waals surface area contributed by atoms with Crippen molar-refractivity contribution in [2.24, 2.45) is 0 Å². The van der Waals surface area contributed by atoms with E-state index in [1.807, 2.05) is 0 Å². The van der Waals surface area contributed by atoms with Crippen molar-refractivity contribution in [3.05, 3.63) is 59.7 Å². The number of carbonyl (C=O) groups is 3. The van der Waals surface area contributed by atoms with E-state index in [2.05, 4.69) is 16.0 Å². The van der Waals surface area contributed by atoms with E-state index >= 15 is 0 Å². The molecule has 2 rings (SSSR count). The summed E-state index contributed by atoms with van der Waals surface area (Å²) in [5.41, 5.74) is 1.04. The normalized spacial score (nSPS) is 11.0. The molecule has 9 nitrogen and oxygen atoms in total. The van der Waals surface area contributed by atoms with Gasteiger partial charge in [-0.2, -0.15) is 0 Å². The maximum atomic E-state index is 12.3. The van der Waals surface area contributed by atoms with E-state index < -0.39 is 21.8 Å². The number of rotatable bonds is 7. The predicted octanol–water partition coefficient (Wildman–Crippen LogP) is 0.665. The monoisotopic (exact) mass is 418 g/mol. The quantitative estimate of drug-likeness (QED) is 0.609. The number of hydrogen-bond acceptors (Lipinski definition) is 5. The average Bonchev–Trinajstić information content (AvgIpc) is 2.72. The molecule has 0 atom stereocenters. The SMILES string of the molecule is CNC(=O)c1ccc(NC(=O)CNC(=O)c2cccc(S(=O)(=O)N(C)C)c2)cc1. The van der Waals surface area contributed by atoms with Gasteiger partial charge >= 0.3 is 0 Å². The first-order valence-electron chi connectivity index (χ1n) is 8.58. The molecule has 0 heterocycles. The van der Waals surface area contributed by atoms with Crippen LogP contribution < -0.4 is 16.0 Å². The highest BCUT2D eigenvalue weighted by Gasteiger charge is 2.19. The Morgan fingerprint density at radius 1 is 0.931 bits per heavy atom. The standard InChI is InChI=1S/C19H22N4O5S/c1-20-18(25)13-7-9-15(10-8-13)22-17(24)12-21-19(26)14-5-4-6-16(11-14)29(27,28)23(2)3/h4-11H,12H2,1-3H3,(H,20,25)(H,21,26)(H,22,24). The summed E-state index contributed by atoms with van der Waals surface area (Å²) in [6.07, 6.45) is 0. The van der Waals surface area contributed by atoms with Crippen LogP contribution in [-0.2, 0) is 14.8 Å². The third kappa shape index (κ3) is 5.62. The first-order chi connectivity index (χ1) is 13.6. The smallest absolute Gasteiger partial charge is 0.251 e. The molecule has 3 amide bonds. The minimum Gasteiger partial charge on any atom is -0.355 e. The van der Waals surface area contributed by atoms with Crippen molar-refractivity contribution in [1.82, 2.24) is 14.9 Å². The lowest BCUT2D eigenvalue weighted by Crippen LogP contribution is -2.33. The molecule has 0 saturated carbocycles. The third-order valence-corrected chi connectivity index (χ3v) is 5.75. The molecule has 0 fully saturated rings. The fourth-order valence-corrected chi connectivity index (χ4v) is 3.27. The predicted molar refractivity (Wildman–Crippen MR) is 108 cm³/mol. The summed E-state index contributed by atoms with van der Waals surface area (Å²) in [6.45, 7) is -0.305. The largest absolute Gasteiger partial charge is 0.355 e. The molecule has 0 unspecified atom stereocenters. The molecule has 2 aromatic rings. The van der Waals surface area contributed by atoms with Crippen LogP contribution in [0.3, 0.4) is 0 Å². The summed E-state index contributed by atoms with van der Waals surface area (Å²) in [5, 5.41) is 7.53. The molecule has 0 aliphatic heterocycles. The molecular weight excluding hydrogens is 396 g/mol. The summed E-state index contributed by atoms with van der Waals surface area (Å²) in [6, 6.07) is 11.8. The molecule has 2 aromatic carbocycles. The molecule has 0 saturated heterocycles. The number of nitrogens with zero attached hydrogens (tertiary/aromatic N) is 1. The van der Waals surface area contributed by atoms with Gasteiger partial charge in [-0.3, -0.25) is 14.4 Å². The Labute approximate surface area is 169 Å². The van der Waals surface area contributed by atoms with Gasteiger partial charge in [0.2, 0.25) is 15.9 Å². The highest BCUT2D eigenvalue weighted by Crippen LogP contribution is 2.15. The van der Waals surface area contributed by atoms with E-state index in [0.29, 0.717) is 11.3 Å². The van der Waals surface area contributed by atoms with Crippen LogP contribution in [0.5, 0.6) is 0 Å². The number of benzene rings is 2. The summed E-state index contributed by atoms with van der Waals surface area (Å²) >= 11 is 0. The van der Waals surface area contributed by atoms with Crippen molar-refractivity contribution < 1.29 is 22.8 Å². The van der Waals surface area contributed by atoms with Gasteiger partial charge in [-0.25, -0.2) is 12.7 Å². The maximum absolute atomic E-state index is 12.3. The number of anilines is 1. The molecule has 0 spiro atoms. The van der Waals surface area contributed by atoms with Crippen LogP contribution in [0.25, 0.3) is 0 Å². The van der Waals surface area contributed by atoms with E-state index in [9.17, 15) is 22.8 Å². The molecule has 0 aliphatic carbocycles. The van der Waals surface area contributed by atoms with Crippen molar-refractivity contribution in [2.45, 2.75) is 4.90 Å². The summed E-state index contributed by atoms with van der Waals surface area (Å²) in [5.74, 6) is -1.29. The molecule has 3 N–H and O–H groups in total. The molecule has 154 valence electrons. The number of nitrogens with one attached hydrogen (secondary N) is 3. The first-order valence-corrected chi connectivity index (χ1v) is 10.0. The summed E-state index contributed by atoms with van der Waals surface area (Å²) in [4.78, 5) is 35.8. The van der Waals surface area contributed by atoms with Gasteiger partial charge in [0.25, 0.3) is 11.8 Å². The number of amides is 3. The lowest BCUT2D eigenvalue weighted by molar-refractivity contribution is -0.115.